The van der Waals surface area contributed by atoms with Crippen LogP contribution in [0, 0.1) is 0 Å². The van der Waals surface area contributed by atoms with Gasteiger partial charge in [-0.25, -0.2) is 9.59 Å². The summed E-state index contributed by atoms with van der Waals surface area (Å²) >= 11 is 0. The van der Waals surface area contributed by atoms with E-state index in [0.717, 1.165) is 22.9 Å². The molecule has 0 saturated heterocycles. The number of hydrogen-bond donors (Lipinski definition) is 1. The Hall–Kier alpha value is -2.76. The van der Waals surface area contributed by atoms with Crippen molar-refractivity contribution in [3.63, 3.8) is 0 Å². The predicted molar refractivity (Wildman–Crippen MR) is 88.3 cm³/mol. The summed E-state index contributed by atoms with van der Waals surface area (Å²) in [7, 11) is 3.21. The van der Waals surface area contributed by atoms with Gasteiger partial charge in [-0.15, -0.1) is 0 Å². The van der Waals surface area contributed by atoms with Crippen molar-refractivity contribution in [3.05, 3.63) is 36.0 Å². The average Bonchev–Trinajstić information content (AvgIpc) is 2.88. The number of nitrogens with one attached hydrogen (secondary N) is 1. The first-order valence-electron chi connectivity index (χ1n) is 7.36. The zero-order valence-electron chi connectivity index (χ0n) is 13.5. The van der Waals surface area contributed by atoms with Crippen LogP contribution in [-0.4, -0.2) is 30.3 Å². The minimum atomic E-state index is -0.494. The second-order valence-electron chi connectivity index (χ2n) is 5.02. The Bertz CT molecular complexity index is 746. The van der Waals surface area contributed by atoms with E-state index in [0.29, 0.717) is 12.3 Å². The number of nitrogens with zero attached hydrogens (tertiary/aromatic N) is 1. The van der Waals surface area contributed by atoms with Gasteiger partial charge < -0.3 is 19.4 Å². The molecule has 0 fully saturated rings. The SMILES string of the molecule is CCCNC(=O)Oc1cccc2c1c(C=CC(=O)OC)cn2C. The number of aryl methyl sites for hydroxylation is 1. The van der Waals surface area contributed by atoms with Gasteiger partial charge in [0.25, 0.3) is 0 Å². The molecule has 2 aromatic rings. The molecule has 0 spiro atoms. The number of carbonyl (C=O) groups excluding carboxylic acids is 2. The van der Waals surface area contributed by atoms with Gasteiger partial charge >= 0.3 is 12.1 Å². The van der Waals surface area contributed by atoms with Crippen LogP contribution in [0.3, 0.4) is 0 Å². The molecule has 0 aliphatic rings. The third-order valence-corrected chi connectivity index (χ3v) is 3.33. The van der Waals surface area contributed by atoms with Crippen molar-refractivity contribution < 1.29 is 19.1 Å². The number of benzene rings is 1. The van der Waals surface area contributed by atoms with Gasteiger partial charge in [0.15, 0.2) is 0 Å². The summed E-state index contributed by atoms with van der Waals surface area (Å²) in [4.78, 5) is 23.1. The van der Waals surface area contributed by atoms with E-state index in [1.165, 1.54) is 13.2 Å². The molecule has 1 aromatic carbocycles. The molecule has 0 bridgehead atoms. The lowest BCUT2D eigenvalue weighted by molar-refractivity contribution is -0.134. The second-order valence-corrected chi connectivity index (χ2v) is 5.02. The van der Waals surface area contributed by atoms with Crippen molar-refractivity contribution in [2.45, 2.75) is 13.3 Å². The number of carbonyl (C=O) groups is 2. The minimum absolute atomic E-state index is 0.443. The first-order chi connectivity index (χ1) is 11.1. The van der Waals surface area contributed by atoms with E-state index >= 15 is 0 Å². The lowest BCUT2D eigenvalue weighted by atomic mass is 10.1. The zero-order chi connectivity index (χ0) is 16.8. The molecule has 1 N–H and O–H groups in total. The molecule has 0 atom stereocenters. The third-order valence-electron chi connectivity index (χ3n) is 3.33. The van der Waals surface area contributed by atoms with Gasteiger partial charge in [0, 0.05) is 36.8 Å². The van der Waals surface area contributed by atoms with Crippen LogP contribution in [0.1, 0.15) is 18.9 Å². The van der Waals surface area contributed by atoms with Gasteiger partial charge in [-0.05, 0) is 24.6 Å². The number of amides is 1. The Labute approximate surface area is 134 Å². The fraction of sp³-hybridized carbons (Fsp3) is 0.294. The molecule has 6 heteroatoms. The summed E-state index contributed by atoms with van der Waals surface area (Å²) in [6.45, 7) is 2.52. The van der Waals surface area contributed by atoms with Crippen molar-refractivity contribution in [1.82, 2.24) is 9.88 Å². The quantitative estimate of drug-likeness (QED) is 0.680. The van der Waals surface area contributed by atoms with Gasteiger partial charge in [0.05, 0.1) is 12.6 Å². The molecule has 0 aliphatic carbocycles. The molecule has 122 valence electrons. The summed E-state index contributed by atoms with van der Waals surface area (Å²) in [5, 5.41) is 3.44. The number of aromatic nitrogens is 1. The zero-order valence-corrected chi connectivity index (χ0v) is 13.5. The first-order valence-corrected chi connectivity index (χ1v) is 7.36. The van der Waals surface area contributed by atoms with Gasteiger partial charge in [-0.3, -0.25) is 0 Å². The van der Waals surface area contributed by atoms with Crippen LogP contribution in [0.5, 0.6) is 5.75 Å². The topological polar surface area (TPSA) is 69.6 Å². The molecular weight excluding hydrogens is 296 g/mol. The maximum atomic E-state index is 11.8. The summed E-state index contributed by atoms with van der Waals surface area (Å²) in [5.41, 5.74) is 1.67. The number of methoxy groups -OCH3 is 1. The predicted octanol–water partition coefficient (Wildman–Crippen LogP) is 2.86. The van der Waals surface area contributed by atoms with Crippen LogP contribution >= 0.6 is 0 Å². The van der Waals surface area contributed by atoms with Crippen molar-refractivity contribution in [1.29, 1.82) is 0 Å². The lowest BCUT2D eigenvalue weighted by Crippen LogP contribution is -2.27. The van der Waals surface area contributed by atoms with Gasteiger partial charge in [0.1, 0.15) is 5.75 Å². The van der Waals surface area contributed by atoms with E-state index in [9.17, 15) is 9.59 Å². The van der Waals surface area contributed by atoms with Crippen LogP contribution in [-0.2, 0) is 16.6 Å². The summed E-state index contributed by atoms with van der Waals surface area (Å²) in [6, 6.07) is 5.46. The molecule has 0 aliphatic heterocycles. The van der Waals surface area contributed by atoms with E-state index < -0.39 is 12.1 Å². The molecule has 23 heavy (non-hydrogen) atoms. The van der Waals surface area contributed by atoms with Gasteiger partial charge in [-0.2, -0.15) is 0 Å². The maximum absolute atomic E-state index is 11.8. The Morgan fingerprint density at radius 2 is 2.13 bits per heavy atom. The fourth-order valence-corrected chi connectivity index (χ4v) is 2.25. The molecule has 2 rings (SSSR count). The molecule has 0 radical (unpaired) electrons. The second kappa shape index (κ2) is 7.49. The number of rotatable bonds is 5. The normalized spacial score (nSPS) is 10.9. The van der Waals surface area contributed by atoms with E-state index in [2.05, 4.69) is 10.1 Å². The highest BCUT2D eigenvalue weighted by atomic mass is 16.6. The number of ether oxygens (including phenoxy) is 2. The minimum Gasteiger partial charge on any atom is -0.466 e. The third kappa shape index (κ3) is 3.91. The number of fused-ring (bicyclic) bond motifs is 1. The smallest absolute Gasteiger partial charge is 0.412 e. The van der Waals surface area contributed by atoms with Crippen molar-refractivity contribution in [2.24, 2.45) is 7.05 Å². The van der Waals surface area contributed by atoms with Gasteiger partial charge in [0.2, 0.25) is 0 Å². The lowest BCUT2D eigenvalue weighted by Gasteiger charge is -2.07. The monoisotopic (exact) mass is 316 g/mol. The standard InChI is InChI=1S/C17H20N2O4/c1-4-10-18-17(21)23-14-7-5-6-13-16(14)12(11-19(13)2)8-9-15(20)22-3/h5-9,11H,4,10H2,1-3H3,(H,18,21). The van der Waals surface area contributed by atoms with Crippen LogP contribution in [0.25, 0.3) is 17.0 Å². The van der Waals surface area contributed by atoms with E-state index in [4.69, 9.17) is 4.74 Å². The number of esters is 1. The van der Waals surface area contributed by atoms with Crippen LogP contribution in [0.15, 0.2) is 30.5 Å². The van der Waals surface area contributed by atoms with Crippen LogP contribution < -0.4 is 10.1 Å². The molecule has 6 nitrogen and oxygen atoms in total. The molecule has 0 saturated carbocycles. The van der Waals surface area contributed by atoms with Crippen LogP contribution in [0.2, 0.25) is 0 Å². The highest BCUT2D eigenvalue weighted by Gasteiger charge is 2.13. The molecule has 1 aromatic heterocycles. The van der Waals surface area contributed by atoms with Gasteiger partial charge in [-0.1, -0.05) is 13.0 Å². The van der Waals surface area contributed by atoms with Crippen molar-refractivity contribution >= 4 is 29.0 Å². The summed E-state index contributed by atoms with van der Waals surface area (Å²) in [5.74, 6) is 0.00214. The Kier molecular flexibility index (Phi) is 5.41. The fourth-order valence-electron chi connectivity index (χ4n) is 2.25. The van der Waals surface area contributed by atoms with E-state index in [1.807, 2.05) is 36.9 Å². The van der Waals surface area contributed by atoms with E-state index in [-0.39, 0.29) is 0 Å². The maximum Gasteiger partial charge on any atom is 0.412 e. The molecule has 1 amide bonds. The number of hydrogen-bond acceptors (Lipinski definition) is 4. The Balaban J connectivity index is 2.39. The van der Waals surface area contributed by atoms with E-state index in [1.54, 1.807) is 12.1 Å². The molecule has 1 heterocycles. The molecular formula is C17H20N2O4. The Morgan fingerprint density at radius 1 is 1.35 bits per heavy atom. The molecule has 0 unspecified atom stereocenters. The highest BCUT2D eigenvalue weighted by molar-refractivity contribution is 5.98. The first kappa shape index (κ1) is 16.6. The average molecular weight is 316 g/mol. The largest absolute Gasteiger partial charge is 0.466 e. The summed E-state index contributed by atoms with van der Waals surface area (Å²) in [6.07, 6.45) is 5.18. The van der Waals surface area contributed by atoms with Crippen LogP contribution in [0.4, 0.5) is 4.79 Å². The van der Waals surface area contributed by atoms with Crippen molar-refractivity contribution in [2.75, 3.05) is 13.7 Å². The Morgan fingerprint density at radius 3 is 2.83 bits per heavy atom. The highest BCUT2D eigenvalue weighted by Crippen LogP contribution is 2.31. The van der Waals surface area contributed by atoms with Crippen molar-refractivity contribution in [3.8, 4) is 5.75 Å². The summed E-state index contributed by atoms with van der Waals surface area (Å²) < 4.78 is 11.9.